The molecule has 2 unspecified atom stereocenters. The molecule has 0 bridgehead atoms. The summed E-state index contributed by atoms with van der Waals surface area (Å²) >= 11 is 0. The van der Waals surface area contributed by atoms with Crippen molar-refractivity contribution in [2.24, 2.45) is 0 Å². The van der Waals surface area contributed by atoms with Crippen LogP contribution < -0.4 is 5.32 Å². The van der Waals surface area contributed by atoms with Crippen LogP contribution in [-0.2, 0) is 0 Å². The second-order valence-corrected chi connectivity index (χ2v) is 4.92. The molecule has 1 heterocycles. The minimum atomic E-state index is -0.468. The lowest BCUT2D eigenvalue weighted by molar-refractivity contribution is -0.384. The second-order valence-electron chi connectivity index (χ2n) is 4.92. The van der Waals surface area contributed by atoms with Gasteiger partial charge in [-0.15, -0.1) is 12.4 Å². The van der Waals surface area contributed by atoms with Crippen molar-refractivity contribution < 1.29 is 9.72 Å². The van der Waals surface area contributed by atoms with Crippen molar-refractivity contribution in [2.45, 2.75) is 25.9 Å². The van der Waals surface area contributed by atoms with Gasteiger partial charge in [0, 0.05) is 42.9 Å². The first-order chi connectivity index (χ1) is 8.99. The number of piperazine rings is 1. The normalized spacial score (nSPS) is 22.0. The monoisotopic (exact) mass is 299 g/mol. The maximum Gasteiger partial charge on any atom is 0.269 e. The summed E-state index contributed by atoms with van der Waals surface area (Å²) in [6.07, 6.45) is 0. The molecule has 2 atom stereocenters. The lowest BCUT2D eigenvalue weighted by Crippen LogP contribution is -2.56. The van der Waals surface area contributed by atoms with Gasteiger partial charge in [0.1, 0.15) is 0 Å². The van der Waals surface area contributed by atoms with Crippen molar-refractivity contribution in [1.82, 2.24) is 10.2 Å². The number of nitrogens with zero attached hydrogens (tertiary/aromatic N) is 2. The molecule has 1 amide bonds. The zero-order chi connectivity index (χ0) is 14.0. The van der Waals surface area contributed by atoms with E-state index in [2.05, 4.69) is 5.32 Å². The molecule has 0 aliphatic carbocycles. The van der Waals surface area contributed by atoms with Gasteiger partial charge in [0.25, 0.3) is 11.6 Å². The van der Waals surface area contributed by atoms with Crippen molar-refractivity contribution >= 4 is 24.0 Å². The summed E-state index contributed by atoms with van der Waals surface area (Å²) in [7, 11) is 0. The molecule has 20 heavy (non-hydrogen) atoms. The van der Waals surface area contributed by atoms with Gasteiger partial charge in [0.05, 0.1) is 4.92 Å². The highest BCUT2D eigenvalue weighted by Gasteiger charge is 2.27. The molecule has 1 saturated heterocycles. The van der Waals surface area contributed by atoms with Gasteiger partial charge in [0.15, 0.2) is 0 Å². The van der Waals surface area contributed by atoms with E-state index in [1.54, 1.807) is 0 Å². The molecule has 0 saturated carbocycles. The maximum absolute atomic E-state index is 12.4. The van der Waals surface area contributed by atoms with Gasteiger partial charge >= 0.3 is 0 Å². The van der Waals surface area contributed by atoms with Gasteiger partial charge in [-0.05, 0) is 26.0 Å². The Morgan fingerprint density at radius 1 is 1.35 bits per heavy atom. The average molecular weight is 300 g/mol. The number of hydrogen-bond donors (Lipinski definition) is 1. The number of nitrogens with one attached hydrogen (secondary N) is 1. The van der Waals surface area contributed by atoms with E-state index in [1.807, 2.05) is 18.7 Å². The van der Waals surface area contributed by atoms with Crippen LogP contribution in [0.4, 0.5) is 5.69 Å². The predicted molar refractivity (Wildman–Crippen MR) is 78.3 cm³/mol. The van der Waals surface area contributed by atoms with E-state index >= 15 is 0 Å². The standard InChI is InChI=1S/C13H17N3O3.ClH/c1-9-8-15(10(2)7-14-9)13(17)11-3-5-12(6-4-11)16(18)19;/h3-6,9-10,14H,7-8H2,1-2H3;1H. The largest absolute Gasteiger partial charge is 0.333 e. The third kappa shape index (κ3) is 3.46. The Morgan fingerprint density at radius 3 is 2.50 bits per heavy atom. The first-order valence-corrected chi connectivity index (χ1v) is 6.28. The summed E-state index contributed by atoms with van der Waals surface area (Å²) in [5.41, 5.74) is 0.491. The maximum atomic E-state index is 12.4. The Labute approximate surface area is 123 Å². The quantitative estimate of drug-likeness (QED) is 0.668. The number of benzene rings is 1. The van der Waals surface area contributed by atoms with Gasteiger partial charge in [0.2, 0.25) is 0 Å². The molecule has 0 radical (unpaired) electrons. The molecule has 1 aliphatic rings. The number of carbonyl (C=O) groups is 1. The molecule has 1 aromatic rings. The minimum absolute atomic E-state index is 0. The van der Waals surface area contributed by atoms with E-state index < -0.39 is 4.92 Å². The molecule has 1 aliphatic heterocycles. The Balaban J connectivity index is 0.00000200. The van der Waals surface area contributed by atoms with Crippen LogP contribution in [0.1, 0.15) is 24.2 Å². The van der Waals surface area contributed by atoms with Gasteiger partial charge < -0.3 is 10.2 Å². The van der Waals surface area contributed by atoms with Crippen LogP contribution in [0, 0.1) is 10.1 Å². The van der Waals surface area contributed by atoms with Crippen molar-refractivity contribution in [3.8, 4) is 0 Å². The SMILES string of the molecule is CC1CN(C(=O)c2ccc([N+](=O)[O-])cc2)C(C)CN1.Cl. The first kappa shape index (κ1) is 16.4. The number of amides is 1. The summed E-state index contributed by atoms with van der Waals surface area (Å²) in [5.74, 6) is -0.0734. The molecule has 6 nitrogen and oxygen atoms in total. The summed E-state index contributed by atoms with van der Waals surface area (Å²) in [6, 6.07) is 6.14. The third-order valence-corrected chi connectivity index (χ3v) is 3.35. The fourth-order valence-electron chi connectivity index (χ4n) is 2.20. The van der Waals surface area contributed by atoms with Crippen molar-refractivity contribution in [3.63, 3.8) is 0 Å². The molecule has 110 valence electrons. The second kappa shape index (κ2) is 6.67. The fourth-order valence-corrected chi connectivity index (χ4v) is 2.20. The number of carbonyl (C=O) groups excluding carboxylic acids is 1. The van der Waals surface area contributed by atoms with Crippen LogP contribution in [0.25, 0.3) is 0 Å². The Hall–Kier alpha value is -1.66. The van der Waals surface area contributed by atoms with E-state index in [0.717, 1.165) is 6.54 Å². The highest BCUT2D eigenvalue weighted by molar-refractivity contribution is 5.94. The smallest absolute Gasteiger partial charge is 0.269 e. The summed E-state index contributed by atoms with van der Waals surface area (Å²) in [6.45, 7) is 5.43. The lowest BCUT2D eigenvalue weighted by atomic mass is 10.1. The number of hydrogen-bond acceptors (Lipinski definition) is 4. The molecule has 7 heteroatoms. The summed E-state index contributed by atoms with van der Waals surface area (Å²) < 4.78 is 0. The number of halogens is 1. The average Bonchev–Trinajstić information content (AvgIpc) is 2.41. The first-order valence-electron chi connectivity index (χ1n) is 6.28. The molecule has 0 spiro atoms. The Morgan fingerprint density at radius 2 is 1.95 bits per heavy atom. The van der Waals surface area contributed by atoms with Crippen LogP contribution in [0.15, 0.2) is 24.3 Å². The number of non-ortho nitro benzene ring substituents is 1. The zero-order valence-corrected chi connectivity index (χ0v) is 12.2. The van der Waals surface area contributed by atoms with Crippen LogP contribution in [0.2, 0.25) is 0 Å². The molecule has 1 fully saturated rings. The number of rotatable bonds is 2. The Bertz CT molecular complexity index is 492. The number of nitro benzene ring substituents is 1. The van der Waals surface area contributed by atoms with E-state index in [1.165, 1.54) is 24.3 Å². The topological polar surface area (TPSA) is 75.5 Å². The van der Waals surface area contributed by atoms with Crippen LogP contribution in [0.3, 0.4) is 0 Å². The zero-order valence-electron chi connectivity index (χ0n) is 11.4. The molecular weight excluding hydrogens is 282 g/mol. The predicted octanol–water partition coefficient (Wildman–Crippen LogP) is 1.84. The molecular formula is C13H18ClN3O3. The fraction of sp³-hybridized carbons (Fsp3) is 0.462. The van der Waals surface area contributed by atoms with Crippen molar-refractivity contribution in [2.75, 3.05) is 13.1 Å². The highest BCUT2D eigenvalue weighted by Crippen LogP contribution is 2.16. The minimum Gasteiger partial charge on any atom is -0.333 e. The van der Waals surface area contributed by atoms with Crippen molar-refractivity contribution in [1.29, 1.82) is 0 Å². The van der Waals surface area contributed by atoms with Gasteiger partial charge in [-0.1, -0.05) is 0 Å². The van der Waals surface area contributed by atoms with Gasteiger partial charge in [-0.3, -0.25) is 14.9 Å². The summed E-state index contributed by atoms with van der Waals surface area (Å²) in [4.78, 5) is 24.3. The van der Waals surface area contributed by atoms with Gasteiger partial charge in [-0.2, -0.15) is 0 Å². The van der Waals surface area contributed by atoms with E-state index in [0.29, 0.717) is 12.1 Å². The molecule has 2 rings (SSSR count). The molecule has 1 N–H and O–H groups in total. The van der Waals surface area contributed by atoms with Crippen LogP contribution in [0.5, 0.6) is 0 Å². The summed E-state index contributed by atoms with van der Waals surface area (Å²) in [5, 5.41) is 13.9. The third-order valence-electron chi connectivity index (χ3n) is 3.35. The van der Waals surface area contributed by atoms with Gasteiger partial charge in [-0.25, -0.2) is 0 Å². The molecule has 0 aromatic heterocycles. The van der Waals surface area contributed by atoms with Crippen LogP contribution in [-0.4, -0.2) is 40.9 Å². The Kier molecular flexibility index (Phi) is 5.47. The van der Waals surface area contributed by atoms with E-state index in [-0.39, 0.29) is 36.1 Å². The highest BCUT2D eigenvalue weighted by atomic mass is 35.5. The van der Waals surface area contributed by atoms with E-state index in [9.17, 15) is 14.9 Å². The lowest BCUT2D eigenvalue weighted by Gasteiger charge is -2.37. The van der Waals surface area contributed by atoms with Crippen LogP contribution >= 0.6 is 12.4 Å². The molecule has 1 aromatic carbocycles. The number of nitro groups is 1. The van der Waals surface area contributed by atoms with Crippen molar-refractivity contribution in [3.05, 3.63) is 39.9 Å². The van der Waals surface area contributed by atoms with E-state index in [4.69, 9.17) is 0 Å².